The minimum absolute atomic E-state index is 0.167. The van der Waals surface area contributed by atoms with E-state index in [2.05, 4.69) is 54.5 Å². The highest BCUT2D eigenvalue weighted by Crippen LogP contribution is 2.60. The molecule has 1 heterocycles. The van der Waals surface area contributed by atoms with Crippen molar-refractivity contribution in [2.24, 2.45) is 0 Å². The molecule has 0 radical (unpaired) electrons. The Hall–Kier alpha value is -2.63. The first kappa shape index (κ1) is 23.5. The number of carbonyl (C=O) groups excluding carboxylic acids is 1. The molecule has 1 atom stereocenters. The molecule has 0 spiro atoms. The van der Waals surface area contributed by atoms with Crippen LogP contribution in [-0.2, 0) is 9.22 Å². The lowest BCUT2D eigenvalue weighted by atomic mass is 9.90. The average Bonchev–Trinajstić information content (AvgIpc) is 2.73. The van der Waals surface area contributed by atoms with Crippen LogP contribution in [0.25, 0.3) is 21.9 Å². The molecule has 5 heteroatoms. The number of fused-ring (bicyclic) bond motifs is 3. The van der Waals surface area contributed by atoms with Crippen LogP contribution in [0.4, 0.5) is 0 Å². The lowest BCUT2D eigenvalue weighted by Crippen LogP contribution is -2.61. The first-order valence-electron chi connectivity index (χ1n) is 11.6. The van der Waals surface area contributed by atoms with Crippen molar-refractivity contribution >= 4 is 25.3 Å². The maximum atomic E-state index is 12.2. The Morgan fingerprint density at radius 1 is 0.879 bits per heavy atom. The lowest BCUT2D eigenvalue weighted by Gasteiger charge is -2.53. The van der Waals surface area contributed by atoms with E-state index < -0.39 is 8.56 Å². The molecule has 3 aromatic carbocycles. The molecule has 174 valence electrons. The van der Waals surface area contributed by atoms with E-state index >= 15 is 0 Å². The third kappa shape index (κ3) is 3.77. The van der Waals surface area contributed by atoms with Crippen molar-refractivity contribution < 1.29 is 18.4 Å². The summed E-state index contributed by atoms with van der Waals surface area (Å²) in [6, 6.07) is 18.1. The van der Waals surface area contributed by atoms with Gasteiger partial charge in [-0.15, -0.1) is 0 Å². The fourth-order valence-corrected chi connectivity index (χ4v) is 10.0. The van der Waals surface area contributed by atoms with E-state index in [1.807, 2.05) is 48.5 Å². The average molecular weight is 463 g/mol. The van der Waals surface area contributed by atoms with Crippen molar-refractivity contribution in [1.29, 1.82) is 0 Å². The largest absolute Gasteiger partial charge is 0.519 e. The Labute approximate surface area is 198 Å². The van der Waals surface area contributed by atoms with Gasteiger partial charge in [0.15, 0.2) is 0 Å². The number of hydrogen-bond acceptors (Lipinski definition) is 4. The quantitative estimate of drug-likeness (QED) is 0.220. The van der Waals surface area contributed by atoms with Gasteiger partial charge in [0.05, 0.1) is 6.10 Å². The number of rotatable bonds is 2. The zero-order chi connectivity index (χ0) is 24.2. The number of benzene rings is 3. The molecule has 33 heavy (non-hydrogen) atoms. The molecule has 0 aromatic heterocycles. The number of carbonyl (C=O) groups is 1. The molecular weight excluding hydrogens is 428 g/mol. The summed E-state index contributed by atoms with van der Waals surface area (Å²) in [7, 11) is -2.80. The van der Waals surface area contributed by atoms with Gasteiger partial charge in [0, 0.05) is 38.9 Å². The third-order valence-corrected chi connectivity index (χ3v) is 11.6. The van der Waals surface area contributed by atoms with Gasteiger partial charge in [-0.3, -0.25) is 4.79 Å². The lowest BCUT2D eigenvalue weighted by molar-refractivity contribution is -0.131. The molecule has 0 saturated heterocycles. The molecule has 4 rings (SSSR count). The number of hydrogen-bond donors (Lipinski definition) is 0. The van der Waals surface area contributed by atoms with Crippen LogP contribution in [0.5, 0.6) is 11.5 Å². The van der Waals surface area contributed by atoms with Crippen molar-refractivity contribution in [1.82, 2.24) is 0 Å². The zero-order valence-electron chi connectivity index (χ0n) is 20.9. The van der Waals surface area contributed by atoms with Gasteiger partial charge >= 0.3 is 14.5 Å². The summed E-state index contributed by atoms with van der Waals surface area (Å²) in [6.45, 7) is 16.8. The zero-order valence-corrected chi connectivity index (χ0v) is 21.9. The number of esters is 1. The normalized spacial score (nSPS) is 17.9. The van der Waals surface area contributed by atoms with Gasteiger partial charge < -0.3 is 13.6 Å². The van der Waals surface area contributed by atoms with Crippen molar-refractivity contribution in [2.45, 2.75) is 71.6 Å². The summed E-state index contributed by atoms with van der Waals surface area (Å²) < 4.78 is 20.0. The fraction of sp³-hybridized carbons (Fsp3) is 0.393. The molecule has 0 fully saturated rings. The van der Waals surface area contributed by atoms with Crippen LogP contribution in [0, 0.1) is 0 Å². The first-order valence-corrected chi connectivity index (χ1v) is 13.4. The van der Waals surface area contributed by atoms with E-state index in [4.69, 9.17) is 13.6 Å². The summed E-state index contributed by atoms with van der Waals surface area (Å²) >= 11 is 0. The van der Waals surface area contributed by atoms with Gasteiger partial charge in [-0.1, -0.05) is 96.1 Å². The van der Waals surface area contributed by atoms with E-state index in [1.165, 1.54) is 6.92 Å². The van der Waals surface area contributed by atoms with E-state index in [0.717, 1.165) is 33.2 Å². The van der Waals surface area contributed by atoms with Crippen LogP contribution >= 0.6 is 0 Å². The van der Waals surface area contributed by atoms with Crippen LogP contribution in [0.1, 0.15) is 67.1 Å². The molecule has 3 aromatic rings. The smallest absolute Gasteiger partial charge is 0.410 e. The summed E-state index contributed by atoms with van der Waals surface area (Å²) in [5.74, 6) is 1.06. The molecule has 1 unspecified atom stereocenters. The van der Waals surface area contributed by atoms with Gasteiger partial charge in [0.25, 0.3) is 0 Å². The van der Waals surface area contributed by atoms with E-state index in [9.17, 15) is 4.79 Å². The van der Waals surface area contributed by atoms with Crippen LogP contribution in [0.2, 0.25) is 10.1 Å². The number of ether oxygens (including phenoxy) is 1. The minimum Gasteiger partial charge on any atom is -0.519 e. The maximum Gasteiger partial charge on any atom is 0.410 e. The molecule has 4 nitrogen and oxygen atoms in total. The molecule has 0 aliphatic carbocycles. The highest BCUT2D eigenvalue weighted by molar-refractivity contribution is 6.74. The highest BCUT2D eigenvalue weighted by atomic mass is 28.4. The Kier molecular flexibility index (Phi) is 5.70. The van der Waals surface area contributed by atoms with Crippen molar-refractivity contribution in [3.63, 3.8) is 0 Å². The Morgan fingerprint density at radius 2 is 1.42 bits per heavy atom. The van der Waals surface area contributed by atoms with Gasteiger partial charge in [-0.25, -0.2) is 0 Å². The highest BCUT2D eigenvalue weighted by Gasteiger charge is 2.63. The predicted octanol–water partition coefficient (Wildman–Crippen LogP) is 7.94. The molecule has 1 aliphatic rings. The third-order valence-electron chi connectivity index (χ3n) is 6.44. The van der Waals surface area contributed by atoms with Crippen LogP contribution < -0.4 is 9.16 Å². The second-order valence-electron chi connectivity index (χ2n) is 10.9. The molecule has 1 aliphatic heterocycles. The topological polar surface area (TPSA) is 44.8 Å². The molecule has 0 N–H and O–H groups in total. The van der Waals surface area contributed by atoms with E-state index in [0.29, 0.717) is 5.75 Å². The van der Waals surface area contributed by atoms with Gasteiger partial charge in [-0.05, 0) is 12.5 Å². The molecule has 0 saturated carbocycles. The van der Waals surface area contributed by atoms with Gasteiger partial charge in [0.2, 0.25) is 0 Å². The maximum absolute atomic E-state index is 12.2. The Morgan fingerprint density at radius 3 is 1.97 bits per heavy atom. The molecule has 0 amide bonds. The summed E-state index contributed by atoms with van der Waals surface area (Å²) in [5, 5.41) is 1.48. The van der Waals surface area contributed by atoms with Crippen molar-refractivity contribution in [3.05, 3.63) is 60.2 Å². The van der Waals surface area contributed by atoms with Gasteiger partial charge in [0.1, 0.15) is 11.5 Å². The second kappa shape index (κ2) is 7.99. The summed E-state index contributed by atoms with van der Waals surface area (Å²) in [4.78, 5) is 12.2. The van der Waals surface area contributed by atoms with Crippen LogP contribution in [-0.4, -0.2) is 14.5 Å². The van der Waals surface area contributed by atoms with E-state index in [1.54, 1.807) is 0 Å². The van der Waals surface area contributed by atoms with Crippen molar-refractivity contribution in [2.75, 3.05) is 0 Å². The Balaban J connectivity index is 2.15. The monoisotopic (exact) mass is 462 g/mol. The molecular formula is C28H34O4Si. The first-order chi connectivity index (χ1) is 15.4. The fourth-order valence-electron chi connectivity index (χ4n) is 5.29. The SMILES string of the molecule is CC(=O)Oc1c(-c2ccccc2)c2c(c3ccccc13)O[Si](C(C)(C)C)(C(C)(C)C)OC2C. The van der Waals surface area contributed by atoms with Crippen LogP contribution in [0.15, 0.2) is 54.6 Å². The Bertz CT molecular complexity index is 1190. The van der Waals surface area contributed by atoms with Crippen LogP contribution in [0.3, 0.4) is 0 Å². The van der Waals surface area contributed by atoms with Crippen molar-refractivity contribution in [3.8, 4) is 22.6 Å². The second-order valence-corrected chi connectivity index (χ2v) is 15.6. The minimum atomic E-state index is -2.80. The molecule has 0 bridgehead atoms. The standard InChI is InChI=1S/C28H34O4Si/c1-18-23-24(20-14-10-9-11-15-20)25(30-19(2)29)21-16-12-13-17-22(21)26(23)32-33(31-18,27(3,4)5)28(6,7)8/h9-18H,1-8H3. The van der Waals surface area contributed by atoms with E-state index in [-0.39, 0.29) is 22.1 Å². The van der Waals surface area contributed by atoms with Gasteiger partial charge in [-0.2, -0.15) is 0 Å². The summed E-state index contributed by atoms with van der Waals surface area (Å²) in [6.07, 6.45) is -0.229. The predicted molar refractivity (Wildman–Crippen MR) is 136 cm³/mol. The summed E-state index contributed by atoms with van der Waals surface area (Å²) in [5.41, 5.74) is 2.76.